The minimum Gasteiger partial charge on any atom is -0.493 e. The average Bonchev–Trinajstić information content (AvgIpc) is 3.48. The van der Waals surface area contributed by atoms with Crippen molar-refractivity contribution >= 4 is 62.1 Å². The zero-order chi connectivity index (χ0) is 59.2. The molecule has 0 fully saturated rings. The van der Waals surface area contributed by atoms with Gasteiger partial charge in [0.25, 0.3) is 5.78 Å². The lowest BCUT2D eigenvalue weighted by atomic mass is 10.1. The van der Waals surface area contributed by atoms with Crippen LogP contribution in [0.15, 0.2) is 193 Å². The van der Waals surface area contributed by atoms with Gasteiger partial charge in [-0.2, -0.15) is 68.4 Å². The molecule has 0 heterocycles. The largest absolute Gasteiger partial charge is 0.493 e. The van der Waals surface area contributed by atoms with E-state index in [0.29, 0.717) is 23.3 Å². The highest BCUT2D eigenvalue weighted by Gasteiger charge is 2.41. The van der Waals surface area contributed by atoms with Crippen LogP contribution in [0.25, 0.3) is 0 Å². The van der Waals surface area contributed by atoms with Crippen molar-refractivity contribution in [3.8, 4) is 34.5 Å². The van der Waals surface area contributed by atoms with E-state index >= 15 is 0 Å². The molecule has 7 rings (SSSR count). The van der Waals surface area contributed by atoms with E-state index in [9.17, 15) is 73.2 Å². The molecule has 0 atom stereocenters. The van der Waals surface area contributed by atoms with Crippen LogP contribution < -0.4 is 26.2 Å². The van der Waals surface area contributed by atoms with E-state index < -0.39 is 128 Å². The van der Waals surface area contributed by atoms with Crippen molar-refractivity contribution in [2.75, 3.05) is 13.2 Å². The Labute approximate surface area is 459 Å². The second-order valence-electron chi connectivity index (χ2n) is 16.7. The minimum absolute atomic E-state index is 0.0274. The number of hydrogen-bond acceptors (Lipinski definition) is 19. The highest BCUT2D eigenvalue weighted by atomic mass is 32.2. The smallest absolute Gasteiger partial charge is 0.454 e. The third-order valence-electron chi connectivity index (χ3n) is 10.7. The summed E-state index contributed by atoms with van der Waals surface area (Å²) in [6.07, 6.45) is -10.4. The van der Waals surface area contributed by atoms with Crippen LogP contribution in [-0.4, -0.2) is 79.2 Å². The van der Waals surface area contributed by atoms with E-state index in [1.807, 2.05) is 0 Å². The van der Waals surface area contributed by atoms with Gasteiger partial charge in [-0.3, -0.25) is 9.08 Å². The molecule has 0 unspecified atom stereocenters. The van der Waals surface area contributed by atoms with Crippen molar-refractivity contribution in [1.82, 2.24) is 0 Å². The predicted octanol–water partition coefficient (Wildman–Crippen LogP) is 9.64. The number of halogens is 6. The molecule has 0 spiro atoms. The first-order valence-corrected chi connectivity index (χ1v) is 29.8. The number of Topliss-reactive ketones (excluding diaryl/α,β-unsaturated/α-hetero) is 1. The highest BCUT2D eigenvalue weighted by molar-refractivity contribution is 7.89. The fraction of sp³-hybridized carbons (Fsp3) is 0.137. The monoisotopic (exact) mass is 1230 g/mol. The standard InChI is InChI=1S/C51H39F6NO18S5/c1-33-12-25-40(26-13-33)77(60,61)73-42-8-3-5-10-45(42)79(64,65)72-39-24-29-44(75-80(66,67)46-11-6-4-9-43(46)74-78(62,63)41-27-14-34(2)15-28-41)47(32-39)81(68,69)76-58-48(50(52,53)54)35-16-20-37(21-17-35)70-30-7-31-71-38-22-18-36(19-23-38)49(59)51(55,56)57/h3-6,8-29,32H,7,30-31H2,1-2H3/b58-48-. The molecule has 0 saturated heterocycles. The second-order valence-corrected chi connectivity index (χ2v) is 24.3. The molecular weight excluding hydrogens is 1190 g/mol. The van der Waals surface area contributed by atoms with E-state index in [1.165, 1.54) is 42.5 Å². The number of oxime groups is 1. The molecule has 0 aliphatic heterocycles. The number of ether oxygens (including phenoxy) is 2. The number of benzene rings is 7. The fourth-order valence-corrected chi connectivity index (χ4v) is 11.8. The van der Waals surface area contributed by atoms with E-state index in [-0.39, 0.29) is 42.1 Å². The Bertz CT molecular complexity index is 4070. The number of hydrogen-bond donors (Lipinski definition) is 0. The maximum atomic E-state index is 14.6. The molecule has 428 valence electrons. The number of carbonyl (C=O) groups excluding carboxylic acids is 1. The Hall–Kier alpha value is -8.19. The second kappa shape index (κ2) is 23.9. The summed E-state index contributed by atoms with van der Waals surface area (Å²) < 4.78 is 255. The van der Waals surface area contributed by atoms with Crippen molar-refractivity contribution in [2.45, 2.75) is 57.1 Å². The molecular formula is C51H39F6NO18S5. The number of alkyl halides is 6. The van der Waals surface area contributed by atoms with Gasteiger partial charge in [0.2, 0.25) is 0 Å². The molecule has 0 aromatic heterocycles. The van der Waals surface area contributed by atoms with Crippen LogP contribution in [0, 0.1) is 13.8 Å². The maximum Gasteiger partial charge on any atom is 0.454 e. The van der Waals surface area contributed by atoms with Crippen LogP contribution in [0.2, 0.25) is 0 Å². The van der Waals surface area contributed by atoms with E-state index in [0.717, 1.165) is 103 Å². The summed E-state index contributed by atoms with van der Waals surface area (Å²) in [5, 5.41) is 2.84. The van der Waals surface area contributed by atoms with E-state index in [4.69, 9.17) is 26.2 Å². The van der Waals surface area contributed by atoms with Gasteiger partial charge in [-0.25, -0.2) is 0 Å². The molecule has 0 aliphatic rings. The van der Waals surface area contributed by atoms with Gasteiger partial charge in [0.15, 0.2) is 27.9 Å². The van der Waals surface area contributed by atoms with Gasteiger partial charge in [0.1, 0.15) is 36.8 Å². The summed E-state index contributed by atoms with van der Waals surface area (Å²) >= 11 is 0. The van der Waals surface area contributed by atoms with Crippen LogP contribution in [0.3, 0.4) is 0 Å². The van der Waals surface area contributed by atoms with Crippen LogP contribution in [0.5, 0.6) is 34.5 Å². The fourth-order valence-electron chi connectivity index (χ4n) is 6.74. The van der Waals surface area contributed by atoms with Crippen molar-refractivity contribution < 1.29 is 104 Å². The summed E-state index contributed by atoms with van der Waals surface area (Å²) in [4.78, 5) is 7.04. The summed E-state index contributed by atoms with van der Waals surface area (Å²) in [6, 6.07) is 27.5. The lowest BCUT2D eigenvalue weighted by Crippen LogP contribution is -2.25. The predicted molar refractivity (Wildman–Crippen MR) is 273 cm³/mol. The van der Waals surface area contributed by atoms with Crippen molar-refractivity contribution in [2.24, 2.45) is 5.16 Å². The summed E-state index contributed by atoms with van der Waals surface area (Å²) in [7, 11) is -26.2. The first kappa shape index (κ1) is 60.5. The number of ketones is 1. The van der Waals surface area contributed by atoms with Crippen molar-refractivity contribution in [1.29, 1.82) is 0 Å². The molecule has 0 radical (unpaired) electrons. The third kappa shape index (κ3) is 15.4. The topological polar surface area (TPSA) is 265 Å². The van der Waals surface area contributed by atoms with Crippen molar-refractivity contribution in [3.63, 3.8) is 0 Å². The average molecular weight is 1230 g/mol. The summed E-state index contributed by atoms with van der Waals surface area (Å²) in [6.45, 7) is 3.15. The lowest BCUT2D eigenvalue weighted by molar-refractivity contribution is -0.0885. The molecule has 7 aromatic rings. The third-order valence-corrected chi connectivity index (χ3v) is 16.9. The lowest BCUT2D eigenvalue weighted by Gasteiger charge is -2.16. The van der Waals surface area contributed by atoms with Gasteiger partial charge in [0.05, 0.1) is 13.2 Å². The highest BCUT2D eigenvalue weighted by Crippen LogP contribution is 2.38. The van der Waals surface area contributed by atoms with Gasteiger partial charge in [0, 0.05) is 23.6 Å². The minimum atomic E-state index is -5.93. The van der Waals surface area contributed by atoms with Crippen LogP contribution in [0.4, 0.5) is 26.3 Å². The summed E-state index contributed by atoms with van der Waals surface area (Å²) in [5.41, 5.74) is -2.12. The van der Waals surface area contributed by atoms with Crippen molar-refractivity contribution in [3.05, 3.63) is 186 Å². The van der Waals surface area contributed by atoms with Gasteiger partial charge in [-0.05, 0) is 123 Å². The quantitative estimate of drug-likeness (QED) is 0.0144. The Morgan fingerprint density at radius 3 is 1.26 bits per heavy atom. The Morgan fingerprint density at radius 1 is 0.420 bits per heavy atom. The first-order valence-electron chi connectivity index (χ1n) is 22.7. The molecule has 30 heteroatoms. The van der Waals surface area contributed by atoms with Crippen LogP contribution in [0.1, 0.15) is 33.5 Å². The van der Waals surface area contributed by atoms with Gasteiger partial charge in [-0.15, -0.1) is 0 Å². The Kier molecular flexibility index (Phi) is 17.8. The Morgan fingerprint density at radius 2 is 0.815 bits per heavy atom. The first-order chi connectivity index (χ1) is 37.8. The normalized spacial score (nSPS) is 12.7. The molecule has 81 heavy (non-hydrogen) atoms. The maximum absolute atomic E-state index is 14.6. The number of aryl methyl sites for hydroxylation is 2. The van der Waals surface area contributed by atoms with E-state index in [2.05, 4.69) is 9.44 Å². The van der Waals surface area contributed by atoms with Gasteiger partial charge < -0.3 is 26.2 Å². The molecule has 7 aromatic carbocycles. The van der Waals surface area contributed by atoms with E-state index in [1.54, 1.807) is 13.8 Å². The zero-order valence-electron chi connectivity index (χ0n) is 41.3. The number of para-hydroxylation sites is 2. The van der Waals surface area contributed by atoms with Gasteiger partial charge in [-0.1, -0.05) is 64.8 Å². The molecule has 0 bridgehead atoms. The molecule has 0 aliphatic carbocycles. The van der Waals surface area contributed by atoms with Gasteiger partial charge >= 0.3 is 62.9 Å². The molecule has 0 amide bonds. The Balaban J connectivity index is 1.17. The zero-order valence-corrected chi connectivity index (χ0v) is 45.4. The van der Waals surface area contributed by atoms with Crippen LogP contribution >= 0.6 is 0 Å². The SMILES string of the molecule is Cc1ccc(S(=O)(=O)Oc2ccccc2S(=O)(=O)Oc2ccc(OS(=O)(=O)c3ccccc3OS(=O)(=O)c3ccc(C)cc3)c(S(=O)(=O)O/N=C(/c3ccc(OCCCOc4ccc(C(=O)C(F)(F)F)cc4)cc3)C(F)(F)F)c2)cc1. The molecule has 19 nitrogen and oxygen atoms in total. The molecule has 0 saturated carbocycles. The summed E-state index contributed by atoms with van der Waals surface area (Å²) in [5.74, 6) is -6.02. The number of carbonyl (C=O) groups is 1. The number of rotatable bonds is 23. The van der Waals surface area contributed by atoms with Crippen LogP contribution in [-0.2, 0) is 54.9 Å². The number of nitrogens with zero attached hydrogens (tertiary/aromatic N) is 1. The molecule has 0 N–H and O–H groups in total.